The lowest BCUT2D eigenvalue weighted by Crippen LogP contribution is -2.36. The Morgan fingerprint density at radius 1 is 1.38 bits per heavy atom. The molecular formula is C13H19FN2. The van der Waals surface area contributed by atoms with Crippen molar-refractivity contribution in [2.45, 2.75) is 13.0 Å². The maximum Gasteiger partial charge on any atom is 0.127 e. The summed E-state index contributed by atoms with van der Waals surface area (Å²) in [6.45, 7) is 3.85. The number of hydrogen-bond donors (Lipinski definition) is 0. The van der Waals surface area contributed by atoms with E-state index in [4.69, 9.17) is 0 Å². The van der Waals surface area contributed by atoms with Crippen molar-refractivity contribution in [3.05, 3.63) is 35.1 Å². The summed E-state index contributed by atoms with van der Waals surface area (Å²) in [5.74, 6) is -0.0490. The van der Waals surface area contributed by atoms with Gasteiger partial charge < -0.3 is 4.90 Å². The van der Waals surface area contributed by atoms with Gasteiger partial charge in [-0.25, -0.2) is 4.39 Å². The normalized spacial score (nSPS) is 16.5. The molecule has 1 aliphatic rings. The van der Waals surface area contributed by atoms with Gasteiger partial charge >= 0.3 is 0 Å². The van der Waals surface area contributed by atoms with E-state index in [9.17, 15) is 4.39 Å². The Bertz CT molecular complexity index is 363. The van der Waals surface area contributed by atoms with Crippen molar-refractivity contribution in [3.63, 3.8) is 0 Å². The zero-order chi connectivity index (χ0) is 11.5. The third-order valence-electron chi connectivity index (χ3n) is 3.16. The van der Waals surface area contributed by atoms with E-state index in [0.29, 0.717) is 0 Å². The SMILES string of the molecule is CN(C)CCN1CCc2cccc(F)c2C1. The van der Waals surface area contributed by atoms with Crippen LogP contribution in [0, 0.1) is 5.82 Å². The van der Waals surface area contributed by atoms with E-state index in [1.54, 1.807) is 6.07 Å². The molecule has 0 bridgehead atoms. The Hall–Kier alpha value is -0.930. The Kier molecular flexibility index (Phi) is 3.56. The first-order chi connectivity index (χ1) is 7.66. The van der Waals surface area contributed by atoms with Crippen molar-refractivity contribution >= 4 is 0 Å². The Balaban J connectivity index is 2.03. The molecule has 88 valence electrons. The molecule has 0 unspecified atom stereocenters. The van der Waals surface area contributed by atoms with Crippen LogP contribution in [0.5, 0.6) is 0 Å². The Labute approximate surface area is 96.7 Å². The number of hydrogen-bond acceptors (Lipinski definition) is 2. The summed E-state index contributed by atoms with van der Waals surface area (Å²) in [7, 11) is 4.14. The highest BCUT2D eigenvalue weighted by molar-refractivity contribution is 5.30. The number of likely N-dealkylation sites (N-methyl/N-ethyl adjacent to an activating group) is 1. The van der Waals surface area contributed by atoms with E-state index in [1.165, 1.54) is 5.56 Å². The molecule has 0 aliphatic carbocycles. The smallest absolute Gasteiger partial charge is 0.127 e. The van der Waals surface area contributed by atoms with E-state index >= 15 is 0 Å². The minimum absolute atomic E-state index is 0.0490. The van der Waals surface area contributed by atoms with Crippen LogP contribution in [0.25, 0.3) is 0 Å². The van der Waals surface area contributed by atoms with Crippen molar-refractivity contribution in [3.8, 4) is 0 Å². The van der Waals surface area contributed by atoms with Crippen LogP contribution in [0.3, 0.4) is 0 Å². The lowest BCUT2D eigenvalue weighted by Gasteiger charge is -2.29. The summed E-state index contributed by atoms with van der Waals surface area (Å²) in [4.78, 5) is 4.49. The second-order valence-electron chi connectivity index (χ2n) is 4.71. The second-order valence-corrected chi connectivity index (χ2v) is 4.71. The van der Waals surface area contributed by atoms with Gasteiger partial charge in [0.2, 0.25) is 0 Å². The Morgan fingerprint density at radius 2 is 2.19 bits per heavy atom. The highest BCUT2D eigenvalue weighted by Crippen LogP contribution is 2.21. The van der Waals surface area contributed by atoms with E-state index in [-0.39, 0.29) is 5.82 Å². The van der Waals surface area contributed by atoms with Gasteiger partial charge in [-0.2, -0.15) is 0 Å². The van der Waals surface area contributed by atoms with Crippen LogP contribution >= 0.6 is 0 Å². The first kappa shape index (κ1) is 11.6. The molecule has 0 saturated carbocycles. The largest absolute Gasteiger partial charge is 0.308 e. The fourth-order valence-corrected chi connectivity index (χ4v) is 2.13. The van der Waals surface area contributed by atoms with Crippen molar-refractivity contribution in [1.82, 2.24) is 9.80 Å². The fraction of sp³-hybridized carbons (Fsp3) is 0.538. The predicted molar refractivity (Wildman–Crippen MR) is 63.9 cm³/mol. The molecule has 1 aliphatic heterocycles. The summed E-state index contributed by atoms with van der Waals surface area (Å²) in [6.07, 6.45) is 0.973. The van der Waals surface area contributed by atoms with Gasteiger partial charge in [-0.15, -0.1) is 0 Å². The average Bonchev–Trinajstić information content (AvgIpc) is 2.27. The highest BCUT2D eigenvalue weighted by atomic mass is 19.1. The average molecular weight is 222 g/mol. The van der Waals surface area contributed by atoms with Crippen molar-refractivity contribution < 1.29 is 4.39 Å². The molecule has 0 amide bonds. The number of nitrogens with zero attached hydrogens (tertiary/aromatic N) is 2. The first-order valence-electron chi connectivity index (χ1n) is 5.80. The number of benzene rings is 1. The summed E-state index contributed by atoms with van der Waals surface area (Å²) in [6, 6.07) is 5.42. The Morgan fingerprint density at radius 3 is 2.94 bits per heavy atom. The molecular weight excluding hydrogens is 203 g/mol. The lowest BCUT2D eigenvalue weighted by atomic mass is 9.99. The van der Waals surface area contributed by atoms with Crippen LogP contribution in [0.2, 0.25) is 0 Å². The van der Waals surface area contributed by atoms with Gasteiger partial charge in [0.05, 0.1) is 0 Å². The lowest BCUT2D eigenvalue weighted by molar-refractivity contribution is 0.222. The van der Waals surface area contributed by atoms with Crippen LogP contribution in [0.15, 0.2) is 18.2 Å². The zero-order valence-corrected chi connectivity index (χ0v) is 10.0. The van der Waals surface area contributed by atoms with Gasteiger partial charge in [-0.3, -0.25) is 4.90 Å². The third kappa shape index (κ3) is 2.60. The van der Waals surface area contributed by atoms with E-state index in [1.807, 2.05) is 12.1 Å². The maximum absolute atomic E-state index is 13.6. The van der Waals surface area contributed by atoms with E-state index < -0.39 is 0 Å². The van der Waals surface area contributed by atoms with E-state index in [2.05, 4.69) is 23.9 Å². The van der Waals surface area contributed by atoms with Gasteiger partial charge in [0.1, 0.15) is 5.82 Å². The van der Waals surface area contributed by atoms with Gasteiger partial charge in [-0.1, -0.05) is 12.1 Å². The monoisotopic (exact) mass is 222 g/mol. The van der Waals surface area contributed by atoms with Gasteiger partial charge in [-0.05, 0) is 32.1 Å². The number of halogens is 1. The first-order valence-corrected chi connectivity index (χ1v) is 5.80. The van der Waals surface area contributed by atoms with Gasteiger partial charge in [0.15, 0.2) is 0 Å². The molecule has 3 heteroatoms. The summed E-state index contributed by atoms with van der Waals surface area (Å²) >= 11 is 0. The molecule has 1 heterocycles. The van der Waals surface area contributed by atoms with Crippen molar-refractivity contribution in [1.29, 1.82) is 0 Å². The molecule has 1 aromatic carbocycles. The van der Waals surface area contributed by atoms with Crippen LogP contribution in [0.1, 0.15) is 11.1 Å². The quantitative estimate of drug-likeness (QED) is 0.768. The zero-order valence-electron chi connectivity index (χ0n) is 10.0. The molecule has 0 saturated heterocycles. The molecule has 0 spiro atoms. The third-order valence-corrected chi connectivity index (χ3v) is 3.16. The summed E-state index contributed by atoms with van der Waals surface area (Å²) in [5.41, 5.74) is 2.08. The molecule has 1 aromatic rings. The highest BCUT2D eigenvalue weighted by Gasteiger charge is 2.18. The number of fused-ring (bicyclic) bond motifs is 1. The van der Waals surface area contributed by atoms with Crippen LogP contribution in [-0.2, 0) is 13.0 Å². The molecule has 0 atom stereocenters. The number of rotatable bonds is 3. The van der Waals surface area contributed by atoms with Gasteiger partial charge in [0.25, 0.3) is 0 Å². The second kappa shape index (κ2) is 4.93. The van der Waals surface area contributed by atoms with Crippen LogP contribution in [0.4, 0.5) is 4.39 Å². The van der Waals surface area contributed by atoms with Crippen LogP contribution < -0.4 is 0 Å². The molecule has 0 fully saturated rings. The molecule has 2 nitrogen and oxygen atoms in total. The topological polar surface area (TPSA) is 6.48 Å². The van der Waals surface area contributed by atoms with Gasteiger partial charge in [0, 0.05) is 31.7 Å². The molecule has 16 heavy (non-hydrogen) atoms. The standard InChI is InChI=1S/C13H19FN2/c1-15(2)8-9-16-7-6-11-4-3-5-13(14)12(11)10-16/h3-5H,6-10H2,1-2H3. The molecule has 0 aromatic heterocycles. The molecule has 0 radical (unpaired) electrons. The molecule has 2 rings (SSSR count). The maximum atomic E-state index is 13.6. The van der Waals surface area contributed by atoms with Crippen LogP contribution in [-0.4, -0.2) is 43.5 Å². The van der Waals surface area contributed by atoms with E-state index in [0.717, 1.165) is 38.2 Å². The van der Waals surface area contributed by atoms with Crippen molar-refractivity contribution in [2.75, 3.05) is 33.7 Å². The summed E-state index contributed by atoms with van der Waals surface area (Å²) < 4.78 is 13.6. The minimum Gasteiger partial charge on any atom is -0.308 e. The van der Waals surface area contributed by atoms with Crippen molar-refractivity contribution in [2.24, 2.45) is 0 Å². The predicted octanol–water partition coefficient (Wildman–Crippen LogP) is 1.75. The fourth-order valence-electron chi connectivity index (χ4n) is 2.13. The molecule has 0 N–H and O–H groups in total. The minimum atomic E-state index is -0.0490. The summed E-state index contributed by atoms with van der Waals surface area (Å²) in [5, 5.41) is 0.